The SMILES string of the molecule is CCCCCCC[N+]12C3C[C@H](C4[C@H](O)C5(C[C@@H]41)c1ccccc1N(C)[C@@H]35)[C@H](CC)[C@H]2O. The molecule has 5 fully saturated rings. The molecule has 4 heteroatoms. The first-order chi connectivity index (χ1) is 15.0. The van der Waals surface area contributed by atoms with Crippen molar-refractivity contribution in [3.05, 3.63) is 29.8 Å². The molecule has 10 atom stereocenters. The van der Waals surface area contributed by atoms with Gasteiger partial charge in [-0.1, -0.05) is 51.3 Å². The summed E-state index contributed by atoms with van der Waals surface area (Å²) >= 11 is 0. The van der Waals surface area contributed by atoms with Crippen molar-refractivity contribution in [2.45, 2.75) is 101 Å². The molecule has 1 spiro atoms. The maximum Gasteiger partial charge on any atom is 0.194 e. The van der Waals surface area contributed by atoms with E-state index in [9.17, 15) is 10.2 Å². The fourth-order valence-corrected chi connectivity index (χ4v) is 9.83. The number of para-hydroxylation sites is 1. The van der Waals surface area contributed by atoms with Crippen LogP contribution in [0.4, 0.5) is 5.69 Å². The summed E-state index contributed by atoms with van der Waals surface area (Å²) in [5, 5.41) is 24.0. The fourth-order valence-electron chi connectivity index (χ4n) is 9.83. The number of quaternary nitrogens is 1. The van der Waals surface area contributed by atoms with Crippen molar-refractivity contribution < 1.29 is 14.7 Å². The van der Waals surface area contributed by atoms with Crippen molar-refractivity contribution >= 4 is 5.69 Å². The van der Waals surface area contributed by atoms with Crippen molar-refractivity contribution in [3.8, 4) is 0 Å². The van der Waals surface area contributed by atoms with Crippen LogP contribution in [0.2, 0.25) is 0 Å². The van der Waals surface area contributed by atoms with Gasteiger partial charge in [0.25, 0.3) is 0 Å². The van der Waals surface area contributed by atoms with Crippen LogP contribution in [-0.4, -0.2) is 58.7 Å². The number of unbranched alkanes of at least 4 members (excludes halogenated alkanes) is 4. The normalized spacial score (nSPS) is 48.4. The molecule has 6 aliphatic rings. The van der Waals surface area contributed by atoms with Gasteiger partial charge in [0, 0.05) is 37.4 Å². The molecule has 0 amide bonds. The number of rotatable bonds is 7. The van der Waals surface area contributed by atoms with E-state index in [0.717, 1.165) is 23.9 Å². The van der Waals surface area contributed by atoms with Gasteiger partial charge in [-0.15, -0.1) is 0 Å². The average Bonchev–Trinajstić information content (AvgIpc) is 3.16. The lowest BCUT2D eigenvalue weighted by molar-refractivity contribution is -1.04. The minimum atomic E-state index is -0.273. The zero-order chi connectivity index (χ0) is 21.5. The molecule has 5 heterocycles. The molecule has 7 rings (SSSR count). The zero-order valence-electron chi connectivity index (χ0n) is 19.6. The first-order valence-electron chi connectivity index (χ1n) is 13.1. The van der Waals surface area contributed by atoms with E-state index in [-0.39, 0.29) is 17.7 Å². The Bertz CT molecular complexity index is 859. The van der Waals surface area contributed by atoms with E-state index in [1.54, 1.807) is 0 Å². The first kappa shape index (κ1) is 20.5. The molecule has 4 saturated heterocycles. The van der Waals surface area contributed by atoms with Crippen LogP contribution in [0.5, 0.6) is 0 Å². The Labute approximate surface area is 187 Å². The van der Waals surface area contributed by atoms with Gasteiger partial charge in [0.05, 0.1) is 30.1 Å². The number of hydrogen-bond donors (Lipinski definition) is 2. The second kappa shape index (κ2) is 6.95. The van der Waals surface area contributed by atoms with Crippen LogP contribution in [0.1, 0.15) is 70.8 Å². The van der Waals surface area contributed by atoms with Gasteiger partial charge in [0.1, 0.15) is 6.04 Å². The number of hydrogen-bond acceptors (Lipinski definition) is 3. The lowest BCUT2D eigenvalue weighted by atomic mass is 9.60. The second-order valence-corrected chi connectivity index (χ2v) is 11.5. The number of nitrogens with zero attached hydrogens (tertiary/aromatic N) is 2. The van der Waals surface area contributed by atoms with Gasteiger partial charge >= 0.3 is 0 Å². The van der Waals surface area contributed by atoms with Gasteiger partial charge in [-0.2, -0.15) is 0 Å². The molecule has 0 aromatic heterocycles. The van der Waals surface area contributed by atoms with Crippen molar-refractivity contribution in [1.82, 2.24) is 0 Å². The number of piperidine rings is 4. The monoisotopic (exact) mass is 425 g/mol. The van der Waals surface area contributed by atoms with E-state index < -0.39 is 0 Å². The van der Waals surface area contributed by atoms with Gasteiger partial charge < -0.3 is 15.1 Å². The number of aliphatic hydroxyl groups excluding tert-OH is 2. The smallest absolute Gasteiger partial charge is 0.194 e. The average molecular weight is 426 g/mol. The van der Waals surface area contributed by atoms with E-state index in [4.69, 9.17) is 0 Å². The quantitative estimate of drug-likeness (QED) is 0.512. The summed E-state index contributed by atoms with van der Waals surface area (Å²) in [6.07, 6.45) is 9.15. The molecule has 170 valence electrons. The van der Waals surface area contributed by atoms with Gasteiger partial charge in [0.15, 0.2) is 6.23 Å². The van der Waals surface area contributed by atoms with Crippen molar-refractivity contribution in [2.75, 3.05) is 18.5 Å². The summed E-state index contributed by atoms with van der Waals surface area (Å²) in [6.45, 7) is 5.64. The summed E-state index contributed by atoms with van der Waals surface area (Å²) in [7, 11) is 2.26. The molecule has 4 nitrogen and oxygen atoms in total. The highest BCUT2D eigenvalue weighted by Gasteiger charge is 2.82. The zero-order valence-corrected chi connectivity index (χ0v) is 19.6. The van der Waals surface area contributed by atoms with Crippen LogP contribution in [0.25, 0.3) is 0 Å². The fraction of sp³-hybridized carbons (Fsp3) is 0.778. The van der Waals surface area contributed by atoms with E-state index >= 15 is 0 Å². The Kier molecular flexibility index (Phi) is 4.60. The van der Waals surface area contributed by atoms with Crippen molar-refractivity contribution in [3.63, 3.8) is 0 Å². The number of fused-ring (bicyclic) bond motifs is 2. The van der Waals surface area contributed by atoms with Gasteiger partial charge in [-0.25, -0.2) is 0 Å². The maximum absolute atomic E-state index is 12.1. The van der Waals surface area contributed by atoms with Crippen LogP contribution in [0.3, 0.4) is 0 Å². The predicted octanol–water partition coefficient (Wildman–Crippen LogP) is 4.04. The molecule has 4 unspecified atom stereocenters. The number of likely N-dealkylation sites (N-methyl/N-ethyl adjacent to an activating group) is 1. The summed E-state index contributed by atoms with van der Waals surface area (Å²) in [6, 6.07) is 10.0. The molecule has 1 aliphatic carbocycles. The molecular weight excluding hydrogens is 384 g/mol. The Morgan fingerprint density at radius 2 is 1.84 bits per heavy atom. The van der Waals surface area contributed by atoms with Crippen LogP contribution < -0.4 is 4.90 Å². The molecule has 5 bridgehead atoms. The third-order valence-corrected chi connectivity index (χ3v) is 10.8. The van der Waals surface area contributed by atoms with E-state index in [0.29, 0.717) is 35.9 Å². The van der Waals surface area contributed by atoms with Crippen molar-refractivity contribution in [1.29, 1.82) is 0 Å². The maximum atomic E-state index is 12.1. The Morgan fingerprint density at radius 1 is 1.06 bits per heavy atom. The van der Waals surface area contributed by atoms with Crippen LogP contribution in [-0.2, 0) is 5.41 Å². The molecule has 5 aliphatic heterocycles. The molecular formula is C27H41N2O2+. The van der Waals surface area contributed by atoms with Gasteiger partial charge in [-0.05, 0) is 36.8 Å². The number of anilines is 1. The van der Waals surface area contributed by atoms with Crippen LogP contribution in [0, 0.1) is 17.8 Å². The third kappa shape index (κ3) is 2.23. The lowest BCUT2D eigenvalue weighted by Gasteiger charge is -2.68. The second-order valence-electron chi connectivity index (χ2n) is 11.5. The summed E-state index contributed by atoms with van der Waals surface area (Å²) < 4.78 is 0.896. The first-order valence-corrected chi connectivity index (χ1v) is 13.1. The molecule has 31 heavy (non-hydrogen) atoms. The summed E-state index contributed by atoms with van der Waals surface area (Å²) in [5.74, 6) is 1.18. The highest BCUT2D eigenvalue weighted by atomic mass is 16.3. The Hall–Kier alpha value is -1.10. The molecule has 1 saturated carbocycles. The highest BCUT2D eigenvalue weighted by molar-refractivity contribution is 5.66. The van der Waals surface area contributed by atoms with Crippen LogP contribution >= 0.6 is 0 Å². The molecule has 2 N–H and O–H groups in total. The minimum absolute atomic E-state index is 0.133. The van der Waals surface area contributed by atoms with Crippen molar-refractivity contribution in [2.24, 2.45) is 17.8 Å². The Balaban J connectivity index is 1.46. The van der Waals surface area contributed by atoms with E-state index in [1.165, 1.54) is 49.8 Å². The van der Waals surface area contributed by atoms with E-state index in [1.807, 2.05) is 0 Å². The highest BCUT2D eigenvalue weighted by Crippen LogP contribution is 2.71. The number of aliphatic hydroxyl groups is 2. The van der Waals surface area contributed by atoms with Crippen LogP contribution in [0.15, 0.2) is 24.3 Å². The Morgan fingerprint density at radius 3 is 2.61 bits per heavy atom. The molecule has 0 radical (unpaired) electrons. The lowest BCUT2D eigenvalue weighted by Crippen LogP contribution is -2.83. The van der Waals surface area contributed by atoms with Gasteiger partial charge in [0.2, 0.25) is 0 Å². The standard InChI is InChI=1S/C27H41N2O2/c1-4-6-7-8-11-14-29-21-15-18(17(5-2)26(29)31)23-22(29)16-27(25(23)30)19-12-9-10-13-20(19)28(3)24(21)27/h9-10,12-13,17-18,21-26,30-31H,4-8,11,14-16H2,1-3H3/q+1/t17-,18-,21?,22-,23?,24-,25-,26+,27?,29?/m0/s1. The third-order valence-electron chi connectivity index (χ3n) is 10.8. The predicted molar refractivity (Wildman–Crippen MR) is 124 cm³/mol. The summed E-state index contributed by atoms with van der Waals surface area (Å²) in [5.41, 5.74) is 2.57. The van der Waals surface area contributed by atoms with E-state index in [2.05, 4.69) is 50.1 Å². The number of benzene rings is 1. The molecule has 1 aromatic rings. The largest absolute Gasteiger partial charge is 0.392 e. The summed E-state index contributed by atoms with van der Waals surface area (Å²) in [4.78, 5) is 2.51. The van der Waals surface area contributed by atoms with Gasteiger partial charge in [-0.3, -0.25) is 4.48 Å². The topological polar surface area (TPSA) is 43.7 Å². The molecule has 1 aromatic carbocycles. The minimum Gasteiger partial charge on any atom is -0.392 e.